The highest BCUT2D eigenvalue weighted by atomic mass is 16.2. The van der Waals surface area contributed by atoms with Crippen molar-refractivity contribution in [3.05, 3.63) is 101 Å². The average Bonchev–Trinajstić information content (AvgIpc) is 3.62. The van der Waals surface area contributed by atoms with E-state index in [4.69, 9.17) is 5.10 Å². The van der Waals surface area contributed by atoms with Gasteiger partial charge in [-0.3, -0.25) is 19.4 Å². The van der Waals surface area contributed by atoms with E-state index in [0.29, 0.717) is 12.1 Å². The van der Waals surface area contributed by atoms with Gasteiger partial charge in [0.2, 0.25) is 0 Å². The summed E-state index contributed by atoms with van der Waals surface area (Å²) in [6.07, 6.45) is 0.561. The molecule has 3 amide bonds. The fraction of sp³-hybridized carbons (Fsp3) is 0.241. The van der Waals surface area contributed by atoms with Crippen LogP contribution >= 0.6 is 0 Å². The minimum absolute atomic E-state index is 0.223. The van der Waals surface area contributed by atoms with Gasteiger partial charge in [-0.1, -0.05) is 84.1 Å². The second-order valence-electron chi connectivity index (χ2n) is 9.73. The van der Waals surface area contributed by atoms with Crippen molar-refractivity contribution < 1.29 is 14.4 Å². The highest BCUT2D eigenvalue weighted by Gasteiger charge is 2.55. The van der Waals surface area contributed by atoms with Crippen molar-refractivity contribution in [2.24, 2.45) is 15.4 Å². The lowest BCUT2D eigenvalue weighted by Crippen LogP contribution is -2.45. The molecule has 3 aliphatic rings. The smallest absolute Gasteiger partial charge is 0.264 e. The van der Waals surface area contributed by atoms with Crippen molar-refractivity contribution >= 4 is 29.1 Å². The topological polar surface area (TPSA) is 98.0 Å². The van der Waals surface area contributed by atoms with Crippen LogP contribution < -0.4 is 4.90 Å². The van der Waals surface area contributed by atoms with E-state index in [2.05, 4.69) is 10.3 Å². The Morgan fingerprint density at radius 2 is 1.53 bits per heavy atom. The molecule has 9 nitrogen and oxygen atoms in total. The van der Waals surface area contributed by atoms with Crippen LogP contribution in [0.15, 0.2) is 94.3 Å². The predicted molar refractivity (Wildman–Crippen MR) is 141 cm³/mol. The van der Waals surface area contributed by atoms with Gasteiger partial charge in [0, 0.05) is 6.42 Å². The van der Waals surface area contributed by atoms with Crippen LogP contribution in [0.4, 0.5) is 5.69 Å². The monoisotopic (exact) mass is 506 g/mol. The number of amides is 3. The molecule has 0 radical (unpaired) electrons. The van der Waals surface area contributed by atoms with Crippen LogP contribution in [-0.4, -0.2) is 52.1 Å². The molecule has 38 heavy (non-hydrogen) atoms. The van der Waals surface area contributed by atoms with E-state index in [9.17, 15) is 14.4 Å². The fourth-order valence-electron chi connectivity index (χ4n) is 5.42. The number of hydrazone groups is 1. The van der Waals surface area contributed by atoms with Gasteiger partial charge in [-0.15, -0.1) is 0 Å². The zero-order valence-electron chi connectivity index (χ0n) is 21.1. The Labute approximate surface area is 220 Å². The first kappa shape index (κ1) is 23.7. The molecule has 0 bridgehead atoms. The molecule has 3 atom stereocenters. The molecule has 3 heterocycles. The third-order valence-electron chi connectivity index (χ3n) is 7.28. The quantitative estimate of drug-likeness (QED) is 0.489. The standard InChI is InChI=1S/C29H26N6O3/c1-18-10-9-11-19(2)26(18)34-28(37)25-27(29(34)38)33(32-30-25)17-24(36)35-23(21-14-7-4-8-15-21)16-22(31-35)20-12-5-3-6-13-20/h3-15,23,25,27H,16-17H2,1-2H3/t23-,25-,27+/m1/s1. The van der Waals surface area contributed by atoms with Gasteiger partial charge in [-0.2, -0.15) is 10.2 Å². The zero-order chi connectivity index (χ0) is 26.4. The predicted octanol–water partition coefficient (Wildman–Crippen LogP) is 3.97. The maximum Gasteiger partial charge on any atom is 0.264 e. The Bertz CT molecular complexity index is 1470. The SMILES string of the molecule is Cc1cccc(C)c1N1C(=O)[C@@H]2[C@@H](N=NN2CC(=O)N2N=C(c3ccccc3)C[C@@H]2c2ccccc2)C1=O. The first-order valence-corrected chi connectivity index (χ1v) is 12.6. The highest BCUT2D eigenvalue weighted by molar-refractivity contribution is 6.26. The summed E-state index contributed by atoms with van der Waals surface area (Å²) in [5.74, 6) is -1.18. The molecular formula is C29H26N6O3. The minimum Gasteiger partial charge on any atom is -0.271 e. The van der Waals surface area contributed by atoms with E-state index in [0.717, 1.165) is 28.0 Å². The molecule has 0 aromatic heterocycles. The number of anilines is 1. The molecule has 3 aromatic carbocycles. The number of imide groups is 1. The van der Waals surface area contributed by atoms with Gasteiger partial charge in [-0.25, -0.2) is 9.91 Å². The van der Waals surface area contributed by atoms with Crippen LogP contribution in [0.3, 0.4) is 0 Å². The number of carbonyl (C=O) groups is 3. The molecule has 0 saturated carbocycles. The molecule has 0 N–H and O–H groups in total. The van der Waals surface area contributed by atoms with E-state index in [1.165, 1.54) is 14.9 Å². The summed E-state index contributed by atoms with van der Waals surface area (Å²) < 4.78 is 0. The van der Waals surface area contributed by atoms with Crippen LogP contribution in [0.25, 0.3) is 0 Å². The molecule has 9 heteroatoms. The second kappa shape index (κ2) is 9.33. The molecule has 0 spiro atoms. The molecule has 3 aromatic rings. The number of para-hydroxylation sites is 1. The van der Waals surface area contributed by atoms with Crippen LogP contribution in [-0.2, 0) is 14.4 Å². The summed E-state index contributed by atoms with van der Waals surface area (Å²) in [7, 11) is 0. The number of fused-ring (bicyclic) bond motifs is 1. The van der Waals surface area contributed by atoms with Crippen molar-refractivity contribution in [2.75, 3.05) is 11.4 Å². The third kappa shape index (κ3) is 3.87. The van der Waals surface area contributed by atoms with Gasteiger partial charge >= 0.3 is 0 Å². The van der Waals surface area contributed by atoms with E-state index >= 15 is 0 Å². The van der Waals surface area contributed by atoms with Crippen LogP contribution in [0.5, 0.6) is 0 Å². The summed E-state index contributed by atoms with van der Waals surface area (Å²) in [6.45, 7) is 3.50. The number of hydrogen-bond donors (Lipinski definition) is 0. The van der Waals surface area contributed by atoms with Gasteiger partial charge in [-0.05, 0) is 36.1 Å². The third-order valence-corrected chi connectivity index (χ3v) is 7.28. The van der Waals surface area contributed by atoms with Gasteiger partial charge in [0.1, 0.15) is 6.54 Å². The number of carbonyl (C=O) groups excluding carboxylic acids is 3. The summed E-state index contributed by atoms with van der Waals surface area (Å²) in [5, 5.41) is 15.7. The maximum absolute atomic E-state index is 13.7. The van der Waals surface area contributed by atoms with E-state index in [1.54, 1.807) is 0 Å². The molecule has 6 rings (SSSR count). The number of aryl methyl sites for hydroxylation is 2. The van der Waals surface area contributed by atoms with Crippen molar-refractivity contribution in [3.63, 3.8) is 0 Å². The van der Waals surface area contributed by atoms with Crippen molar-refractivity contribution in [2.45, 2.75) is 38.4 Å². The molecule has 3 aliphatic heterocycles. The van der Waals surface area contributed by atoms with Gasteiger partial charge in [0.05, 0.1) is 17.4 Å². The normalized spacial score (nSPS) is 22.3. The molecule has 1 fully saturated rings. The van der Waals surface area contributed by atoms with E-state index < -0.39 is 23.9 Å². The van der Waals surface area contributed by atoms with Crippen molar-refractivity contribution in [3.8, 4) is 0 Å². The lowest BCUT2D eigenvalue weighted by molar-refractivity contribution is -0.135. The highest BCUT2D eigenvalue weighted by Crippen LogP contribution is 2.36. The number of hydrogen-bond acceptors (Lipinski definition) is 7. The first-order chi connectivity index (χ1) is 18.4. The van der Waals surface area contributed by atoms with Crippen LogP contribution in [0, 0.1) is 13.8 Å². The average molecular weight is 507 g/mol. The van der Waals surface area contributed by atoms with E-state index in [-0.39, 0.29) is 18.5 Å². The minimum atomic E-state index is -0.971. The van der Waals surface area contributed by atoms with Crippen LogP contribution in [0.2, 0.25) is 0 Å². The van der Waals surface area contributed by atoms with Crippen molar-refractivity contribution in [1.29, 1.82) is 0 Å². The Kier molecular flexibility index (Phi) is 5.83. The fourth-order valence-corrected chi connectivity index (χ4v) is 5.42. The molecule has 0 unspecified atom stereocenters. The van der Waals surface area contributed by atoms with Crippen molar-refractivity contribution in [1.82, 2.24) is 10.0 Å². The first-order valence-electron chi connectivity index (χ1n) is 12.6. The lowest BCUT2D eigenvalue weighted by atomic mass is 9.98. The number of nitrogens with zero attached hydrogens (tertiary/aromatic N) is 6. The van der Waals surface area contributed by atoms with Crippen LogP contribution in [0.1, 0.15) is 34.7 Å². The van der Waals surface area contributed by atoms with Gasteiger partial charge in [0.25, 0.3) is 17.7 Å². The molecular weight excluding hydrogens is 480 g/mol. The lowest BCUT2D eigenvalue weighted by Gasteiger charge is -2.26. The Hall–Kier alpha value is -4.66. The second-order valence-corrected chi connectivity index (χ2v) is 9.73. The Balaban J connectivity index is 1.27. The maximum atomic E-state index is 13.7. The number of rotatable bonds is 5. The van der Waals surface area contributed by atoms with Gasteiger partial charge < -0.3 is 0 Å². The molecule has 1 saturated heterocycles. The van der Waals surface area contributed by atoms with Gasteiger partial charge in [0.15, 0.2) is 12.1 Å². The molecule has 0 aliphatic carbocycles. The number of benzene rings is 3. The molecule has 190 valence electrons. The largest absolute Gasteiger partial charge is 0.271 e. The van der Waals surface area contributed by atoms with E-state index in [1.807, 2.05) is 92.7 Å². The summed E-state index contributed by atoms with van der Waals surface area (Å²) in [4.78, 5) is 41.6. The summed E-state index contributed by atoms with van der Waals surface area (Å²) >= 11 is 0. The summed E-state index contributed by atoms with van der Waals surface area (Å²) in [5.41, 5.74) is 4.92. The Morgan fingerprint density at radius 3 is 2.21 bits per heavy atom. The zero-order valence-corrected chi connectivity index (χ0v) is 21.1. The summed E-state index contributed by atoms with van der Waals surface area (Å²) in [6, 6.07) is 22.9. The Morgan fingerprint density at radius 1 is 0.868 bits per heavy atom.